The third-order valence-electron chi connectivity index (χ3n) is 7.32. The minimum atomic E-state index is -3.62. The zero-order chi connectivity index (χ0) is 21.3. The highest BCUT2D eigenvalue weighted by atomic mass is 32.2. The number of nitrogens with one attached hydrogen (secondary N) is 1. The summed E-state index contributed by atoms with van der Waals surface area (Å²) in [7, 11) is -3.62. The zero-order valence-electron chi connectivity index (χ0n) is 17.7. The van der Waals surface area contributed by atoms with E-state index in [9.17, 15) is 13.2 Å². The molecule has 3 unspecified atom stereocenters. The molecule has 0 radical (unpaired) electrons. The lowest BCUT2D eigenvalue weighted by Gasteiger charge is -2.61. The third kappa shape index (κ3) is 3.49. The van der Waals surface area contributed by atoms with Crippen LogP contribution in [0.2, 0.25) is 0 Å². The SMILES string of the molecule is CC(CC(=O)N1C2CC3CC1CC(C)(C3)C2)c1c[nH]c2ncc(OS(C)(=O)=O)cc12. The molecule has 1 amide bonds. The Kier molecular flexibility index (Phi) is 4.44. The lowest BCUT2D eigenvalue weighted by atomic mass is 9.56. The number of carbonyl (C=O) groups excluding carboxylic acids is 1. The Bertz CT molecular complexity index is 1090. The number of hydrogen-bond acceptors (Lipinski definition) is 5. The van der Waals surface area contributed by atoms with E-state index in [1.165, 1.54) is 12.6 Å². The van der Waals surface area contributed by atoms with Gasteiger partial charge >= 0.3 is 10.1 Å². The van der Waals surface area contributed by atoms with Crippen molar-refractivity contribution in [3.8, 4) is 5.75 Å². The summed E-state index contributed by atoms with van der Waals surface area (Å²) in [6.07, 6.45) is 10.7. The average molecular weight is 432 g/mol. The van der Waals surface area contributed by atoms with Crippen LogP contribution in [0.3, 0.4) is 0 Å². The van der Waals surface area contributed by atoms with Crippen molar-refractivity contribution in [3.05, 3.63) is 24.0 Å². The van der Waals surface area contributed by atoms with Gasteiger partial charge in [-0.25, -0.2) is 4.98 Å². The Morgan fingerprint density at radius 1 is 1.33 bits per heavy atom. The van der Waals surface area contributed by atoms with Gasteiger partial charge in [0.05, 0.1) is 12.5 Å². The third-order valence-corrected chi connectivity index (χ3v) is 7.82. The van der Waals surface area contributed by atoms with Crippen LogP contribution in [0.1, 0.15) is 63.9 Å². The fourth-order valence-corrected chi connectivity index (χ4v) is 6.96. The standard InChI is InChI=1S/C22H29N3O4S/c1-13(19-12-24-21-18(19)7-17(11-23-21)29-30(3,27)28)4-20(26)25-15-5-14-6-16(25)10-22(2,8-14)9-15/h7,11-16H,4-6,8-10H2,1-3H3,(H,23,24). The van der Waals surface area contributed by atoms with Crippen molar-refractivity contribution in [3.63, 3.8) is 0 Å². The summed E-state index contributed by atoms with van der Waals surface area (Å²) in [4.78, 5) is 22.9. The minimum absolute atomic E-state index is 0.00527. The van der Waals surface area contributed by atoms with Gasteiger partial charge < -0.3 is 14.1 Å². The average Bonchev–Trinajstić information content (AvgIpc) is 3.01. The van der Waals surface area contributed by atoms with Gasteiger partial charge in [0.15, 0.2) is 5.75 Å². The van der Waals surface area contributed by atoms with Crippen LogP contribution in [0.25, 0.3) is 11.0 Å². The molecule has 8 heteroatoms. The minimum Gasteiger partial charge on any atom is -0.381 e. The first-order valence-corrected chi connectivity index (χ1v) is 12.6. The molecule has 6 rings (SSSR count). The number of rotatable bonds is 5. The molecule has 2 saturated heterocycles. The van der Waals surface area contributed by atoms with E-state index in [1.54, 1.807) is 6.07 Å². The van der Waals surface area contributed by atoms with Gasteiger partial charge in [0, 0.05) is 30.1 Å². The lowest BCUT2D eigenvalue weighted by molar-refractivity contribution is -0.156. The maximum atomic E-state index is 13.3. The Hall–Kier alpha value is -2.09. The van der Waals surface area contributed by atoms with Crippen LogP contribution in [-0.4, -0.2) is 47.5 Å². The van der Waals surface area contributed by atoms with Crippen molar-refractivity contribution in [2.75, 3.05) is 6.26 Å². The van der Waals surface area contributed by atoms with E-state index in [1.807, 2.05) is 13.1 Å². The molecule has 0 aromatic carbocycles. The molecule has 162 valence electrons. The van der Waals surface area contributed by atoms with E-state index < -0.39 is 10.1 Å². The van der Waals surface area contributed by atoms with Gasteiger partial charge in [0.25, 0.3) is 0 Å². The molecule has 4 aliphatic rings. The van der Waals surface area contributed by atoms with Gasteiger partial charge in [-0.15, -0.1) is 0 Å². The summed E-state index contributed by atoms with van der Waals surface area (Å²) in [5.41, 5.74) is 2.05. The molecular formula is C22H29N3O4S. The van der Waals surface area contributed by atoms with Crippen LogP contribution < -0.4 is 4.18 Å². The fourth-order valence-electron chi connectivity index (χ4n) is 6.52. The second-order valence-electron chi connectivity index (χ2n) is 10.1. The summed E-state index contributed by atoms with van der Waals surface area (Å²) in [6, 6.07) is 2.49. The smallest absolute Gasteiger partial charge is 0.306 e. The quantitative estimate of drug-likeness (QED) is 0.731. The van der Waals surface area contributed by atoms with Crippen molar-refractivity contribution in [2.45, 2.75) is 70.4 Å². The summed E-state index contributed by atoms with van der Waals surface area (Å²) >= 11 is 0. The molecule has 7 nitrogen and oxygen atoms in total. The van der Waals surface area contributed by atoms with Crippen LogP contribution in [0.5, 0.6) is 5.75 Å². The Morgan fingerprint density at radius 3 is 2.67 bits per heavy atom. The zero-order valence-corrected chi connectivity index (χ0v) is 18.5. The molecule has 4 bridgehead atoms. The normalized spacial score (nSPS) is 31.3. The Labute approximate surface area is 177 Å². The van der Waals surface area contributed by atoms with Crippen LogP contribution in [-0.2, 0) is 14.9 Å². The highest BCUT2D eigenvalue weighted by Crippen LogP contribution is 2.56. The predicted molar refractivity (Wildman–Crippen MR) is 114 cm³/mol. The highest BCUT2D eigenvalue weighted by Gasteiger charge is 2.53. The first-order valence-electron chi connectivity index (χ1n) is 10.8. The molecule has 2 aromatic rings. The van der Waals surface area contributed by atoms with Crippen LogP contribution in [0.4, 0.5) is 0 Å². The number of pyridine rings is 1. The summed E-state index contributed by atoms with van der Waals surface area (Å²) in [5, 5.41) is 0.795. The number of amides is 1. The Morgan fingerprint density at radius 2 is 2.03 bits per heavy atom. The molecule has 2 aromatic heterocycles. The number of aromatic amines is 1. The number of fused-ring (bicyclic) bond motifs is 1. The van der Waals surface area contributed by atoms with Crippen molar-refractivity contribution in [1.29, 1.82) is 0 Å². The van der Waals surface area contributed by atoms with Crippen molar-refractivity contribution in [1.82, 2.24) is 14.9 Å². The summed E-state index contributed by atoms with van der Waals surface area (Å²) in [5.74, 6) is 1.21. The maximum Gasteiger partial charge on any atom is 0.306 e. The number of hydrogen-bond donors (Lipinski definition) is 1. The molecule has 4 fully saturated rings. The number of nitrogens with zero attached hydrogens (tertiary/aromatic N) is 2. The van der Waals surface area contributed by atoms with Gasteiger partial charge in [-0.1, -0.05) is 13.8 Å². The van der Waals surface area contributed by atoms with Gasteiger partial charge in [0.2, 0.25) is 5.91 Å². The van der Waals surface area contributed by atoms with E-state index in [0.717, 1.165) is 48.8 Å². The number of aromatic nitrogens is 2. The molecule has 30 heavy (non-hydrogen) atoms. The largest absolute Gasteiger partial charge is 0.381 e. The molecule has 2 aliphatic heterocycles. The number of carbonyl (C=O) groups is 1. The van der Waals surface area contributed by atoms with E-state index in [0.29, 0.717) is 29.6 Å². The van der Waals surface area contributed by atoms with Crippen molar-refractivity contribution in [2.24, 2.45) is 11.3 Å². The van der Waals surface area contributed by atoms with Gasteiger partial charge in [-0.3, -0.25) is 4.79 Å². The highest BCUT2D eigenvalue weighted by molar-refractivity contribution is 7.86. The molecule has 3 atom stereocenters. The van der Waals surface area contributed by atoms with E-state index >= 15 is 0 Å². The van der Waals surface area contributed by atoms with Crippen LogP contribution >= 0.6 is 0 Å². The number of H-pyrrole nitrogens is 1. The molecule has 0 spiro atoms. The van der Waals surface area contributed by atoms with Crippen LogP contribution in [0.15, 0.2) is 18.5 Å². The molecule has 2 aliphatic carbocycles. The monoisotopic (exact) mass is 431 g/mol. The van der Waals surface area contributed by atoms with E-state index in [4.69, 9.17) is 4.18 Å². The van der Waals surface area contributed by atoms with Gasteiger partial charge in [0.1, 0.15) is 5.65 Å². The first-order chi connectivity index (χ1) is 14.1. The maximum absolute atomic E-state index is 13.3. The van der Waals surface area contributed by atoms with E-state index in [2.05, 4.69) is 21.8 Å². The fraction of sp³-hybridized carbons (Fsp3) is 0.636. The molecule has 2 saturated carbocycles. The van der Waals surface area contributed by atoms with Gasteiger partial charge in [-0.2, -0.15) is 8.42 Å². The topological polar surface area (TPSA) is 92.4 Å². The van der Waals surface area contributed by atoms with Gasteiger partial charge in [-0.05, 0) is 61.0 Å². The lowest BCUT2D eigenvalue weighted by Crippen LogP contribution is -2.62. The second kappa shape index (κ2) is 6.70. The number of piperidine rings is 2. The Balaban J connectivity index is 1.35. The second-order valence-corrected chi connectivity index (χ2v) is 11.6. The van der Waals surface area contributed by atoms with Crippen molar-refractivity contribution >= 4 is 27.1 Å². The summed E-state index contributed by atoms with van der Waals surface area (Å²) in [6.45, 7) is 4.45. The van der Waals surface area contributed by atoms with Crippen molar-refractivity contribution < 1.29 is 17.4 Å². The van der Waals surface area contributed by atoms with E-state index in [-0.39, 0.29) is 17.6 Å². The first kappa shape index (κ1) is 19.8. The predicted octanol–water partition coefficient (Wildman–Crippen LogP) is 3.57. The van der Waals surface area contributed by atoms with Crippen LogP contribution in [0, 0.1) is 11.3 Å². The molecular weight excluding hydrogens is 402 g/mol. The molecule has 1 N–H and O–H groups in total. The molecule has 4 heterocycles. The summed E-state index contributed by atoms with van der Waals surface area (Å²) < 4.78 is 27.9.